The smallest absolute Gasteiger partial charge is 0.255 e. The molecule has 0 atom stereocenters. The minimum Gasteiger partial charge on any atom is -0.379 e. The molecule has 0 unspecified atom stereocenters. The lowest BCUT2D eigenvalue weighted by atomic mass is 9.78. The van der Waals surface area contributed by atoms with Crippen LogP contribution in [0.3, 0.4) is 0 Å². The highest BCUT2D eigenvalue weighted by atomic mass is 32.1. The molecule has 0 N–H and O–H groups in total. The van der Waals surface area contributed by atoms with Crippen molar-refractivity contribution < 1.29 is 9.53 Å². The van der Waals surface area contributed by atoms with E-state index in [0.29, 0.717) is 5.56 Å². The van der Waals surface area contributed by atoms with Crippen molar-refractivity contribution >= 4 is 22.4 Å². The monoisotopic (exact) mass is 359 g/mol. The van der Waals surface area contributed by atoms with Crippen LogP contribution in [-0.4, -0.2) is 65.4 Å². The van der Waals surface area contributed by atoms with E-state index in [1.54, 1.807) is 23.6 Å². The summed E-state index contributed by atoms with van der Waals surface area (Å²) in [5.74, 6) is 0.0380. The number of carbonyl (C=O) groups is 1. The van der Waals surface area contributed by atoms with Gasteiger partial charge < -0.3 is 14.5 Å². The first-order valence-corrected chi connectivity index (χ1v) is 9.42. The van der Waals surface area contributed by atoms with Crippen molar-refractivity contribution in [3.8, 4) is 0 Å². The molecule has 0 aliphatic carbocycles. The second kappa shape index (κ2) is 7.05. The summed E-state index contributed by atoms with van der Waals surface area (Å²) in [6.45, 7) is 4.80. The van der Waals surface area contributed by atoms with Gasteiger partial charge in [0.1, 0.15) is 0 Å². The van der Waals surface area contributed by atoms with E-state index < -0.39 is 0 Å². The van der Waals surface area contributed by atoms with Crippen molar-refractivity contribution in [1.29, 1.82) is 0 Å². The van der Waals surface area contributed by atoms with E-state index in [0.717, 1.165) is 57.4 Å². The van der Waals surface area contributed by atoms with Crippen LogP contribution in [0.2, 0.25) is 0 Å². The second-order valence-electron chi connectivity index (χ2n) is 6.71. The lowest BCUT2D eigenvalue weighted by molar-refractivity contribution is 0.0207. The Morgan fingerprint density at radius 1 is 1.20 bits per heavy atom. The fourth-order valence-electron chi connectivity index (χ4n) is 3.61. The predicted octanol–water partition coefficient (Wildman–Crippen LogP) is 1.69. The van der Waals surface area contributed by atoms with Crippen LogP contribution in [0.1, 0.15) is 23.2 Å². The van der Waals surface area contributed by atoms with Gasteiger partial charge in [0.05, 0.1) is 31.2 Å². The first-order valence-electron chi connectivity index (χ1n) is 8.54. The van der Waals surface area contributed by atoms with Crippen molar-refractivity contribution in [1.82, 2.24) is 20.1 Å². The lowest BCUT2D eigenvalue weighted by Gasteiger charge is -2.42. The summed E-state index contributed by atoms with van der Waals surface area (Å²) < 4.78 is 5.91. The number of nitrogens with zero attached hydrogens (tertiary/aromatic N) is 5. The standard InChI is InChI=1S/C17H21N5O2S/c23-15(14-1-4-19-20-11-14)21-6-2-17(3-7-21)12-22(8-9-24-13-17)16-18-5-10-25-16/h1,4-5,10-11H,2-3,6-9,12-13H2. The predicted molar refractivity (Wildman–Crippen MR) is 94.7 cm³/mol. The number of likely N-dealkylation sites (tertiary alicyclic amines) is 1. The molecule has 4 heterocycles. The fourth-order valence-corrected chi connectivity index (χ4v) is 4.28. The third kappa shape index (κ3) is 3.50. The molecule has 0 bridgehead atoms. The van der Waals surface area contributed by atoms with E-state index >= 15 is 0 Å². The molecule has 2 aromatic rings. The Morgan fingerprint density at radius 3 is 2.80 bits per heavy atom. The highest BCUT2D eigenvalue weighted by Crippen LogP contribution is 2.36. The van der Waals surface area contributed by atoms with Gasteiger partial charge in [-0.05, 0) is 18.9 Å². The Balaban J connectivity index is 1.43. The van der Waals surface area contributed by atoms with Gasteiger partial charge in [-0.25, -0.2) is 4.98 Å². The van der Waals surface area contributed by atoms with E-state index in [-0.39, 0.29) is 11.3 Å². The number of carbonyl (C=O) groups excluding carboxylic acids is 1. The Morgan fingerprint density at radius 2 is 2.08 bits per heavy atom. The fraction of sp³-hybridized carbons (Fsp3) is 0.529. The molecule has 0 aromatic carbocycles. The molecular weight excluding hydrogens is 338 g/mol. The first-order chi connectivity index (χ1) is 12.3. The number of piperidine rings is 1. The van der Waals surface area contributed by atoms with Gasteiger partial charge in [0, 0.05) is 43.2 Å². The molecule has 2 fully saturated rings. The highest BCUT2D eigenvalue weighted by molar-refractivity contribution is 7.13. The van der Waals surface area contributed by atoms with Gasteiger partial charge in [-0.3, -0.25) is 4.79 Å². The van der Waals surface area contributed by atoms with E-state index in [4.69, 9.17) is 4.74 Å². The lowest BCUT2D eigenvalue weighted by Crippen LogP contribution is -2.49. The Labute approximate surface area is 150 Å². The van der Waals surface area contributed by atoms with Crippen LogP contribution >= 0.6 is 11.3 Å². The SMILES string of the molecule is O=C(c1ccnnc1)N1CCC2(CC1)COCCN(c1nccs1)C2. The number of aromatic nitrogens is 3. The molecule has 2 aromatic heterocycles. The largest absolute Gasteiger partial charge is 0.379 e. The van der Waals surface area contributed by atoms with Gasteiger partial charge in [0.2, 0.25) is 0 Å². The van der Waals surface area contributed by atoms with Gasteiger partial charge in [-0.1, -0.05) is 0 Å². The molecule has 132 valence electrons. The highest BCUT2D eigenvalue weighted by Gasteiger charge is 2.39. The topological polar surface area (TPSA) is 71.5 Å². The average molecular weight is 359 g/mol. The van der Waals surface area contributed by atoms with Gasteiger partial charge >= 0.3 is 0 Å². The van der Waals surface area contributed by atoms with Crippen LogP contribution in [0.15, 0.2) is 30.0 Å². The van der Waals surface area contributed by atoms with Gasteiger partial charge in [-0.2, -0.15) is 10.2 Å². The zero-order valence-corrected chi connectivity index (χ0v) is 14.8. The van der Waals surface area contributed by atoms with Crippen molar-refractivity contribution in [3.63, 3.8) is 0 Å². The second-order valence-corrected chi connectivity index (χ2v) is 7.59. The van der Waals surface area contributed by atoms with Gasteiger partial charge in [0.15, 0.2) is 5.13 Å². The third-order valence-electron chi connectivity index (χ3n) is 5.07. The van der Waals surface area contributed by atoms with E-state index in [1.165, 1.54) is 6.20 Å². The van der Waals surface area contributed by atoms with Gasteiger partial charge in [-0.15, -0.1) is 11.3 Å². The van der Waals surface area contributed by atoms with Crippen LogP contribution in [0.5, 0.6) is 0 Å². The van der Waals surface area contributed by atoms with Gasteiger partial charge in [0.25, 0.3) is 5.91 Å². The van der Waals surface area contributed by atoms with E-state index in [2.05, 4.69) is 20.1 Å². The Kier molecular flexibility index (Phi) is 4.63. The molecule has 4 rings (SSSR count). The third-order valence-corrected chi connectivity index (χ3v) is 5.90. The normalized spacial score (nSPS) is 20.5. The number of hydrogen-bond acceptors (Lipinski definition) is 7. The summed E-state index contributed by atoms with van der Waals surface area (Å²) >= 11 is 1.67. The molecule has 25 heavy (non-hydrogen) atoms. The van der Waals surface area contributed by atoms with E-state index in [9.17, 15) is 4.79 Å². The minimum atomic E-state index is 0.0380. The molecule has 1 spiro atoms. The summed E-state index contributed by atoms with van der Waals surface area (Å²) in [4.78, 5) is 21.3. The Hall–Kier alpha value is -2.06. The molecule has 7 nitrogen and oxygen atoms in total. The molecule has 2 aliphatic rings. The number of thiazole rings is 1. The average Bonchev–Trinajstić information content (AvgIpc) is 3.12. The van der Waals surface area contributed by atoms with Crippen LogP contribution in [0.25, 0.3) is 0 Å². The maximum Gasteiger partial charge on any atom is 0.255 e. The van der Waals surface area contributed by atoms with Crippen molar-refractivity contribution in [3.05, 3.63) is 35.6 Å². The molecule has 2 saturated heterocycles. The van der Waals surface area contributed by atoms with Crippen LogP contribution in [0, 0.1) is 5.41 Å². The number of rotatable bonds is 2. The number of amides is 1. The summed E-state index contributed by atoms with van der Waals surface area (Å²) in [5, 5.41) is 10.6. The Bertz CT molecular complexity index is 701. The molecule has 2 aliphatic heterocycles. The van der Waals surface area contributed by atoms with Crippen molar-refractivity contribution in [2.75, 3.05) is 44.3 Å². The summed E-state index contributed by atoms with van der Waals surface area (Å²) in [6, 6.07) is 1.72. The van der Waals surface area contributed by atoms with Crippen LogP contribution < -0.4 is 4.90 Å². The van der Waals surface area contributed by atoms with Crippen LogP contribution in [-0.2, 0) is 4.74 Å². The molecule has 0 radical (unpaired) electrons. The van der Waals surface area contributed by atoms with Crippen LogP contribution in [0.4, 0.5) is 5.13 Å². The summed E-state index contributed by atoms with van der Waals surface area (Å²) in [6.07, 6.45) is 6.83. The first kappa shape index (κ1) is 16.4. The summed E-state index contributed by atoms with van der Waals surface area (Å²) in [7, 11) is 0. The quantitative estimate of drug-likeness (QED) is 0.813. The summed E-state index contributed by atoms with van der Waals surface area (Å²) in [5.41, 5.74) is 0.697. The maximum atomic E-state index is 12.6. The molecule has 8 heteroatoms. The molecule has 0 saturated carbocycles. The zero-order chi connectivity index (χ0) is 17.1. The number of ether oxygens (including phenoxy) is 1. The minimum absolute atomic E-state index is 0.0380. The van der Waals surface area contributed by atoms with Crippen molar-refractivity contribution in [2.24, 2.45) is 5.41 Å². The number of anilines is 1. The molecule has 1 amide bonds. The van der Waals surface area contributed by atoms with E-state index in [1.807, 2.05) is 16.5 Å². The zero-order valence-electron chi connectivity index (χ0n) is 14.0. The molecular formula is C17H21N5O2S. The number of hydrogen-bond donors (Lipinski definition) is 0. The van der Waals surface area contributed by atoms with Crippen molar-refractivity contribution in [2.45, 2.75) is 12.8 Å². The maximum absolute atomic E-state index is 12.6.